The van der Waals surface area contributed by atoms with Gasteiger partial charge in [0.15, 0.2) is 17.5 Å². The molecule has 0 radical (unpaired) electrons. The lowest BCUT2D eigenvalue weighted by molar-refractivity contribution is 0.254. The second kappa shape index (κ2) is 9.31. The average molecular weight is 397 g/mol. The summed E-state index contributed by atoms with van der Waals surface area (Å²) in [5, 5.41) is 13.0. The van der Waals surface area contributed by atoms with Gasteiger partial charge in [-0.2, -0.15) is 0 Å². The Kier molecular flexibility index (Phi) is 6.79. The van der Waals surface area contributed by atoms with Crippen LogP contribution in [0.1, 0.15) is 57.2 Å². The molecule has 7 nitrogen and oxygen atoms in total. The number of hydrogen-bond acceptors (Lipinski definition) is 5. The number of nitrogens with zero attached hydrogens (tertiary/aromatic N) is 5. The summed E-state index contributed by atoms with van der Waals surface area (Å²) in [6, 6.07) is 4.51. The largest absolute Gasteiger partial charge is 0.388 e. The van der Waals surface area contributed by atoms with E-state index in [1.807, 2.05) is 30.4 Å². The summed E-state index contributed by atoms with van der Waals surface area (Å²) in [6.45, 7) is 6.31. The summed E-state index contributed by atoms with van der Waals surface area (Å²) in [5.74, 6) is 2.74. The number of aliphatic imine (C=N–C) groups is 3. The Bertz CT molecular complexity index is 851. The van der Waals surface area contributed by atoms with Crippen LogP contribution in [0.25, 0.3) is 0 Å². The molecule has 29 heavy (non-hydrogen) atoms. The van der Waals surface area contributed by atoms with E-state index >= 15 is 0 Å². The lowest BCUT2D eigenvalue weighted by Crippen LogP contribution is -2.35. The number of nitrogens with one attached hydrogen (secondary N) is 1. The maximum atomic E-state index is 9.50. The standard InChI is InChI=1S/C22H32N6O/c1-14(2)17-9-10-24-18(11-17)22-27-21(26-20(13-29)23-4)19(28(22)5)12-25-15(3)16-7-6-8-16/h9-12,14-16,25,29H,6-8,13H2,1-5H3/b19-12-,23-20-,26-21+. The first kappa shape index (κ1) is 21.2. The van der Waals surface area contributed by atoms with Gasteiger partial charge in [0.05, 0.1) is 0 Å². The minimum absolute atomic E-state index is 0.227. The number of rotatable bonds is 6. The highest BCUT2D eigenvalue weighted by Crippen LogP contribution is 2.29. The van der Waals surface area contributed by atoms with E-state index in [0.717, 1.165) is 17.2 Å². The number of hydrogen-bond donors (Lipinski definition) is 2. The first-order valence-corrected chi connectivity index (χ1v) is 10.3. The molecule has 1 aromatic heterocycles. The first-order chi connectivity index (χ1) is 13.9. The van der Waals surface area contributed by atoms with Gasteiger partial charge in [0.25, 0.3) is 0 Å². The van der Waals surface area contributed by atoms with Crippen molar-refractivity contribution < 1.29 is 5.11 Å². The predicted octanol–water partition coefficient (Wildman–Crippen LogP) is 2.94. The lowest BCUT2D eigenvalue weighted by Gasteiger charge is -2.31. The summed E-state index contributed by atoms with van der Waals surface area (Å²) in [6.07, 6.45) is 7.67. The highest BCUT2D eigenvalue weighted by molar-refractivity contribution is 6.20. The normalized spacial score (nSPS) is 21.7. The van der Waals surface area contributed by atoms with Crippen LogP contribution >= 0.6 is 0 Å². The van der Waals surface area contributed by atoms with E-state index in [2.05, 4.69) is 47.1 Å². The highest BCUT2D eigenvalue weighted by atomic mass is 16.3. The number of aromatic nitrogens is 1. The zero-order chi connectivity index (χ0) is 21.0. The Morgan fingerprint density at radius 3 is 2.72 bits per heavy atom. The van der Waals surface area contributed by atoms with E-state index in [-0.39, 0.29) is 6.61 Å². The third-order valence-electron chi connectivity index (χ3n) is 5.77. The average Bonchev–Trinajstić information content (AvgIpc) is 2.98. The molecule has 2 aliphatic rings. The molecule has 1 aliphatic heterocycles. The molecule has 0 aromatic carbocycles. The van der Waals surface area contributed by atoms with Gasteiger partial charge in [-0.25, -0.2) is 9.98 Å². The molecule has 1 fully saturated rings. The molecular formula is C22H32N6O. The SMILES string of the molecule is C\N=C(CO)/N=C1/N=C(c2cc(C(C)C)ccn2)N(C)/C1=C\NC(C)C1CCC1. The molecule has 0 saturated heterocycles. The fourth-order valence-electron chi connectivity index (χ4n) is 3.46. The van der Waals surface area contributed by atoms with Crippen LogP contribution < -0.4 is 5.32 Å². The Balaban J connectivity index is 1.94. The molecule has 1 aromatic rings. The molecule has 7 heteroatoms. The van der Waals surface area contributed by atoms with Crippen molar-refractivity contribution in [3.63, 3.8) is 0 Å². The molecule has 2 N–H and O–H groups in total. The molecule has 0 bridgehead atoms. The Hall–Kier alpha value is -2.54. The minimum atomic E-state index is -0.227. The van der Waals surface area contributed by atoms with Crippen LogP contribution in [-0.4, -0.2) is 59.2 Å². The Labute approximate surface area is 173 Å². The summed E-state index contributed by atoms with van der Waals surface area (Å²) in [5.41, 5.74) is 2.86. The van der Waals surface area contributed by atoms with Gasteiger partial charge >= 0.3 is 0 Å². The third-order valence-corrected chi connectivity index (χ3v) is 5.77. The van der Waals surface area contributed by atoms with Crippen LogP contribution in [0, 0.1) is 5.92 Å². The molecule has 1 aliphatic carbocycles. The highest BCUT2D eigenvalue weighted by Gasteiger charge is 2.29. The number of pyridine rings is 1. The van der Waals surface area contributed by atoms with Crippen LogP contribution in [0.3, 0.4) is 0 Å². The van der Waals surface area contributed by atoms with E-state index in [1.165, 1.54) is 24.8 Å². The number of aliphatic hydroxyl groups is 1. The van der Waals surface area contributed by atoms with Crippen molar-refractivity contribution in [3.05, 3.63) is 41.5 Å². The molecular weight excluding hydrogens is 364 g/mol. The molecule has 0 amide bonds. The fraction of sp³-hybridized carbons (Fsp3) is 0.545. The number of aliphatic hydroxyl groups excluding tert-OH is 1. The van der Waals surface area contributed by atoms with Crippen LogP contribution in [0.2, 0.25) is 0 Å². The van der Waals surface area contributed by atoms with Gasteiger partial charge < -0.3 is 15.3 Å². The number of likely N-dealkylation sites (N-methyl/N-ethyl adjacent to an activating group) is 1. The van der Waals surface area contributed by atoms with Gasteiger partial charge in [-0.3, -0.25) is 9.98 Å². The second-order valence-corrected chi connectivity index (χ2v) is 8.03. The monoisotopic (exact) mass is 396 g/mol. The van der Waals surface area contributed by atoms with E-state index in [9.17, 15) is 5.11 Å². The Morgan fingerprint density at radius 1 is 1.38 bits per heavy atom. The van der Waals surface area contributed by atoms with E-state index < -0.39 is 0 Å². The van der Waals surface area contributed by atoms with Gasteiger partial charge in [-0.1, -0.05) is 20.3 Å². The number of amidine groups is 3. The Morgan fingerprint density at radius 2 is 2.14 bits per heavy atom. The fourth-order valence-corrected chi connectivity index (χ4v) is 3.46. The molecule has 156 valence electrons. The maximum absolute atomic E-state index is 9.50. The van der Waals surface area contributed by atoms with Crippen molar-refractivity contribution in [2.45, 2.75) is 52.0 Å². The van der Waals surface area contributed by atoms with E-state index in [1.54, 1.807) is 7.05 Å². The van der Waals surface area contributed by atoms with Crippen molar-refractivity contribution in [2.75, 3.05) is 20.7 Å². The second-order valence-electron chi connectivity index (χ2n) is 8.03. The van der Waals surface area contributed by atoms with Crippen molar-refractivity contribution in [1.82, 2.24) is 15.2 Å². The third kappa shape index (κ3) is 4.72. The van der Waals surface area contributed by atoms with Gasteiger partial charge in [-0.15, -0.1) is 0 Å². The van der Waals surface area contributed by atoms with Crippen molar-refractivity contribution in [2.24, 2.45) is 20.9 Å². The first-order valence-electron chi connectivity index (χ1n) is 10.3. The van der Waals surface area contributed by atoms with Gasteiger partial charge in [0.2, 0.25) is 0 Å². The molecule has 0 spiro atoms. The summed E-state index contributed by atoms with van der Waals surface area (Å²) >= 11 is 0. The molecule has 1 atom stereocenters. The molecule has 2 heterocycles. The minimum Gasteiger partial charge on any atom is -0.388 e. The van der Waals surface area contributed by atoms with Crippen LogP contribution in [0.5, 0.6) is 0 Å². The van der Waals surface area contributed by atoms with Crippen LogP contribution in [-0.2, 0) is 0 Å². The van der Waals surface area contributed by atoms with Crippen molar-refractivity contribution in [3.8, 4) is 0 Å². The molecule has 1 saturated carbocycles. The van der Waals surface area contributed by atoms with Crippen LogP contribution in [0.15, 0.2) is 45.2 Å². The van der Waals surface area contributed by atoms with Crippen LogP contribution in [0.4, 0.5) is 0 Å². The van der Waals surface area contributed by atoms with Gasteiger partial charge in [0.1, 0.15) is 18.0 Å². The zero-order valence-corrected chi connectivity index (χ0v) is 18.1. The quantitative estimate of drug-likeness (QED) is 0.572. The summed E-state index contributed by atoms with van der Waals surface area (Å²) in [7, 11) is 3.58. The molecule has 3 rings (SSSR count). The lowest BCUT2D eigenvalue weighted by atomic mass is 9.80. The van der Waals surface area contributed by atoms with E-state index in [0.29, 0.717) is 29.5 Å². The van der Waals surface area contributed by atoms with E-state index in [4.69, 9.17) is 4.99 Å². The summed E-state index contributed by atoms with van der Waals surface area (Å²) < 4.78 is 0. The van der Waals surface area contributed by atoms with Gasteiger partial charge in [0, 0.05) is 32.5 Å². The van der Waals surface area contributed by atoms with Crippen molar-refractivity contribution >= 4 is 17.5 Å². The van der Waals surface area contributed by atoms with Crippen molar-refractivity contribution in [1.29, 1.82) is 0 Å². The topological polar surface area (TPSA) is 85.5 Å². The van der Waals surface area contributed by atoms with Gasteiger partial charge in [-0.05, 0) is 49.3 Å². The maximum Gasteiger partial charge on any atom is 0.181 e. The predicted molar refractivity (Wildman–Crippen MR) is 119 cm³/mol. The molecule has 1 unspecified atom stereocenters. The smallest absolute Gasteiger partial charge is 0.181 e. The summed E-state index contributed by atoms with van der Waals surface area (Å²) in [4.78, 5) is 19.8. The zero-order valence-electron chi connectivity index (χ0n) is 18.1.